The van der Waals surface area contributed by atoms with Crippen LogP contribution in [0, 0.1) is 17.7 Å². The largest absolute Gasteiger partial charge is 0.490 e. The summed E-state index contributed by atoms with van der Waals surface area (Å²) in [6.07, 6.45) is 5.50. The van der Waals surface area contributed by atoms with Gasteiger partial charge >= 0.3 is 0 Å². The van der Waals surface area contributed by atoms with Crippen LogP contribution in [0.5, 0.6) is 5.75 Å². The lowest BCUT2D eigenvalue weighted by atomic mass is 9.78. The maximum Gasteiger partial charge on any atom is 0.124 e. The molecule has 0 saturated carbocycles. The average molecular weight is 275 g/mol. The maximum atomic E-state index is 13.3. The maximum absolute atomic E-state index is 13.3. The molecule has 0 amide bonds. The van der Waals surface area contributed by atoms with Gasteiger partial charge in [-0.1, -0.05) is 18.6 Å². The quantitative estimate of drug-likeness (QED) is 0.787. The van der Waals surface area contributed by atoms with Crippen LogP contribution in [0.3, 0.4) is 0 Å². The van der Waals surface area contributed by atoms with E-state index in [-0.39, 0.29) is 18.0 Å². The molecule has 108 valence electrons. The summed E-state index contributed by atoms with van der Waals surface area (Å²) in [7, 11) is 0. The zero-order valence-corrected chi connectivity index (χ0v) is 12.1. The minimum atomic E-state index is -0.244. The minimum Gasteiger partial charge on any atom is -0.490 e. The highest BCUT2D eigenvalue weighted by molar-refractivity contribution is 5.38. The second-order valence-electron chi connectivity index (χ2n) is 6.37. The van der Waals surface area contributed by atoms with E-state index < -0.39 is 0 Å². The van der Waals surface area contributed by atoms with Crippen molar-refractivity contribution in [1.82, 2.24) is 0 Å². The zero-order valence-electron chi connectivity index (χ0n) is 12.1. The van der Waals surface area contributed by atoms with E-state index in [2.05, 4.69) is 19.9 Å². The van der Waals surface area contributed by atoms with Crippen LogP contribution in [0.2, 0.25) is 0 Å². The molecular formula is C17H22FNO. The van der Waals surface area contributed by atoms with Crippen LogP contribution < -0.4 is 10.5 Å². The van der Waals surface area contributed by atoms with Crippen LogP contribution in [0.15, 0.2) is 29.8 Å². The molecule has 20 heavy (non-hydrogen) atoms. The number of fused-ring (bicyclic) bond motifs is 1. The predicted octanol–water partition coefficient (Wildman–Crippen LogP) is 3.97. The Bertz CT molecular complexity index is 540. The molecule has 3 unspecified atom stereocenters. The van der Waals surface area contributed by atoms with Gasteiger partial charge in [-0.25, -0.2) is 4.39 Å². The van der Waals surface area contributed by atoms with Gasteiger partial charge in [0.2, 0.25) is 0 Å². The monoisotopic (exact) mass is 275 g/mol. The van der Waals surface area contributed by atoms with E-state index in [1.54, 1.807) is 6.07 Å². The predicted molar refractivity (Wildman–Crippen MR) is 78.0 cm³/mol. The Labute approximate surface area is 119 Å². The van der Waals surface area contributed by atoms with Crippen LogP contribution in [0.25, 0.3) is 0 Å². The lowest BCUT2D eigenvalue weighted by Gasteiger charge is -2.37. The molecule has 1 aliphatic carbocycles. The third-order valence-corrected chi connectivity index (χ3v) is 4.49. The molecule has 1 heterocycles. The van der Waals surface area contributed by atoms with Gasteiger partial charge in [0.1, 0.15) is 17.7 Å². The van der Waals surface area contributed by atoms with E-state index in [0.29, 0.717) is 11.8 Å². The first-order valence-electron chi connectivity index (χ1n) is 7.42. The number of hydrogen-bond acceptors (Lipinski definition) is 2. The molecule has 0 radical (unpaired) electrons. The Kier molecular flexibility index (Phi) is 3.55. The van der Waals surface area contributed by atoms with E-state index >= 15 is 0 Å². The van der Waals surface area contributed by atoms with Crippen molar-refractivity contribution in [2.45, 2.75) is 45.3 Å². The topological polar surface area (TPSA) is 35.2 Å². The van der Waals surface area contributed by atoms with Crippen molar-refractivity contribution < 1.29 is 9.13 Å². The normalized spacial score (nSPS) is 33.1. The third kappa shape index (κ3) is 2.59. The molecule has 1 aromatic rings. The van der Waals surface area contributed by atoms with Crippen molar-refractivity contribution in [3.8, 4) is 5.75 Å². The molecule has 3 rings (SSSR count). The van der Waals surface area contributed by atoms with Crippen molar-refractivity contribution in [2.75, 3.05) is 0 Å². The fourth-order valence-electron chi connectivity index (χ4n) is 3.67. The molecule has 0 spiro atoms. The molecule has 0 saturated heterocycles. The molecule has 4 atom stereocenters. The van der Waals surface area contributed by atoms with Crippen molar-refractivity contribution in [2.24, 2.45) is 17.6 Å². The van der Waals surface area contributed by atoms with Crippen LogP contribution in [-0.4, -0.2) is 6.10 Å². The summed E-state index contributed by atoms with van der Waals surface area (Å²) < 4.78 is 19.4. The smallest absolute Gasteiger partial charge is 0.124 e. The highest BCUT2D eigenvalue weighted by Gasteiger charge is 2.34. The number of allylic oxidation sites excluding steroid dienone is 2. The summed E-state index contributed by atoms with van der Waals surface area (Å²) in [5.41, 5.74) is 8.46. The lowest BCUT2D eigenvalue weighted by Crippen LogP contribution is -2.37. The number of halogens is 1. The van der Waals surface area contributed by atoms with Crippen LogP contribution in [0.4, 0.5) is 4.39 Å². The Balaban J connectivity index is 1.81. The second kappa shape index (κ2) is 5.21. The summed E-state index contributed by atoms with van der Waals surface area (Å²) in [6.45, 7) is 4.44. The van der Waals surface area contributed by atoms with Gasteiger partial charge < -0.3 is 10.5 Å². The lowest BCUT2D eigenvalue weighted by molar-refractivity contribution is 0.0856. The van der Waals surface area contributed by atoms with Gasteiger partial charge in [-0.15, -0.1) is 0 Å². The number of benzene rings is 1. The second-order valence-corrected chi connectivity index (χ2v) is 6.37. The molecule has 3 heteroatoms. The molecule has 2 N–H and O–H groups in total. The van der Waals surface area contributed by atoms with E-state index in [1.165, 1.54) is 17.7 Å². The zero-order chi connectivity index (χ0) is 14.3. The Morgan fingerprint density at radius 3 is 2.85 bits per heavy atom. The summed E-state index contributed by atoms with van der Waals surface area (Å²) in [5, 5.41) is 0. The van der Waals surface area contributed by atoms with E-state index in [9.17, 15) is 4.39 Å². The molecule has 2 nitrogen and oxygen atoms in total. The highest BCUT2D eigenvalue weighted by Crippen LogP contribution is 2.40. The van der Waals surface area contributed by atoms with Crippen molar-refractivity contribution in [3.63, 3.8) is 0 Å². The van der Waals surface area contributed by atoms with Gasteiger partial charge in [0.15, 0.2) is 0 Å². The molecule has 1 aromatic carbocycles. The molecular weight excluding hydrogens is 253 g/mol. The molecule has 0 fully saturated rings. The molecule has 0 bridgehead atoms. The SMILES string of the molecule is CC1=CC(C)CC(C2C[C@H](N)c3cc(F)ccc3O2)C1. The first-order chi connectivity index (χ1) is 9.52. The van der Waals surface area contributed by atoms with E-state index in [4.69, 9.17) is 10.5 Å². The van der Waals surface area contributed by atoms with Crippen LogP contribution >= 0.6 is 0 Å². The van der Waals surface area contributed by atoms with E-state index in [1.807, 2.05) is 0 Å². The standard InChI is InChI=1S/C17H22FNO/c1-10-5-11(2)7-12(6-10)17-9-15(19)14-8-13(18)3-4-16(14)20-17/h3-5,8,10,12,15,17H,6-7,9,19H2,1-2H3/t10?,12?,15-,17?/m0/s1. The number of rotatable bonds is 1. The van der Waals surface area contributed by atoms with Gasteiger partial charge in [-0.3, -0.25) is 0 Å². The van der Waals surface area contributed by atoms with Crippen LogP contribution in [0.1, 0.15) is 44.7 Å². The van der Waals surface area contributed by atoms with Gasteiger partial charge in [0, 0.05) is 23.9 Å². The van der Waals surface area contributed by atoms with Gasteiger partial charge in [0.25, 0.3) is 0 Å². The van der Waals surface area contributed by atoms with Crippen molar-refractivity contribution in [1.29, 1.82) is 0 Å². The van der Waals surface area contributed by atoms with Gasteiger partial charge in [-0.05, 0) is 43.9 Å². The average Bonchev–Trinajstić information content (AvgIpc) is 2.38. The van der Waals surface area contributed by atoms with E-state index in [0.717, 1.165) is 30.6 Å². The summed E-state index contributed by atoms with van der Waals surface area (Å²) in [4.78, 5) is 0. The molecule has 2 aliphatic rings. The highest BCUT2D eigenvalue weighted by atomic mass is 19.1. The first kappa shape index (κ1) is 13.6. The third-order valence-electron chi connectivity index (χ3n) is 4.49. The Morgan fingerprint density at radius 2 is 2.10 bits per heavy atom. The van der Waals surface area contributed by atoms with Crippen molar-refractivity contribution in [3.05, 3.63) is 41.2 Å². The fraction of sp³-hybridized carbons (Fsp3) is 0.529. The summed E-state index contributed by atoms with van der Waals surface area (Å²) >= 11 is 0. The number of hydrogen-bond donors (Lipinski definition) is 1. The fourth-order valence-corrected chi connectivity index (χ4v) is 3.67. The minimum absolute atomic E-state index is 0.124. The number of ether oxygens (including phenoxy) is 1. The van der Waals surface area contributed by atoms with Crippen molar-refractivity contribution >= 4 is 0 Å². The summed E-state index contributed by atoms with van der Waals surface area (Å²) in [6, 6.07) is 4.54. The Morgan fingerprint density at radius 1 is 1.30 bits per heavy atom. The Hall–Kier alpha value is -1.35. The molecule has 1 aliphatic heterocycles. The van der Waals surface area contributed by atoms with Gasteiger partial charge in [0.05, 0.1) is 0 Å². The summed E-state index contributed by atoms with van der Waals surface area (Å²) in [5.74, 6) is 1.63. The van der Waals surface area contributed by atoms with Crippen LogP contribution in [-0.2, 0) is 0 Å². The van der Waals surface area contributed by atoms with Gasteiger partial charge in [-0.2, -0.15) is 0 Å². The first-order valence-corrected chi connectivity index (χ1v) is 7.42. The number of nitrogens with two attached hydrogens (primary N) is 1. The molecule has 0 aromatic heterocycles.